The van der Waals surface area contributed by atoms with E-state index in [1.807, 2.05) is 24.3 Å². The number of anilines is 1. The Bertz CT molecular complexity index is 471. The zero-order valence-electron chi connectivity index (χ0n) is 11.1. The molecular weight excluding hydrogens is 238 g/mol. The smallest absolute Gasteiger partial charge is 0.248 e. The topological polar surface area (TPSA) is 72.4 Å². The number of carbonyl (C=O) groups excluding carboxylic acids is 1. The van der Waals surface area contributed by atoms with Crippen LogP contribution in [-0.4, -0.2) is 25.0 Å². The van der Waals surface area contributed by atoms with Gasteiger partial charge in [-0.15, -0.1) is 0 Å². The minimum atomic E-state index is -0.368. The Morgan fingerprint density at radius 1 is 1.11 bits per heavy atom. The second kappa shape index (κ2) is 4.85. The summed E-state index contributed by atoms with van der Waals surface area (Å²) in [4.78, 5) is 13.5. The second-order valence-corrected chi connectivity index (χ2v) is 5.91. The fourth-order valence-electron chi connectivity index (χ4n) is 3.52. The minimum absolute atomic E-state index is 0.368. The molecule has 1 saturated carbocycles. The first-order chi connectivity index (χ1) is 9.13. The number of primary amides is 1. The van der Waals surface area contributed by atoms with Crippen LogP contribution in [0.3, 0.4) is 0 Å². The molecule has 1 aliphatic heterocycles. The highest BCUT2D eigenvalue weighted by Gasteiger charge is 2.36. The third-order valence-electron chi connectivity index (χ3n) is 4.61. The minimum Gasteiger partial charge on any atom is -0.371 e. The predicted molar refractivity (Wildman–Crippen MR) is 76.0 cm³/mol. The molecule has 1 heterocycles. The van der Waals surface area contributed by atoms with Crippen molar-refractivity contribution in [3.8, 4) is 0 Å². The van der Waals surface area contributed by atoms with Crippen LogP contribution in [0.5, 0.6) is 0 Å². The molecule has 1 saturated heterocycles. The number of nitrogens with two attached hydrogens (primary N) is 2. The molecule has 1 aromatic rings. The molecule has 0 radical (unpaired) electrons. The van der Waals surface area contributed by atoms with Gasteiger partial charge in [-0.1, -0.05) is 0 Å². The van der Waals surface area contributed by atoms with Crippen LogP contribution >= 0.6 is 0 Å². The average Bonchev–Trinajstić information content (AvgIpc) is 2.81. The van der Waals surface area contributed by atoms with E-state index >= 15 is 0 Å². The summed E-state index contributed by atoms with van der Waals surface area (Å²) in [5, 5.41) is 0. The molecule has 1 aliphatic carbocycles. The van der Waals surface area contributed by atoms with Crippen molar-refractivity contribution in [1.29, 1.82) is 0 Å². The number of hydrogen-bond donors (Lipinski definition) is 2. The second-order valence-electron chi connectivity index (χ2n) is 5.91. The molecule has 0 aromatic heterocycles. The van der Waals surface area contributed by atoms with Crippen LogP contribution < -0.4 is 16.4 Å². The van der Waals surface area contributed by atoms with E-state index in [1.165, 1.54) is 12.1 Å². The normalized spacial score (nSPS) is 30.2. The van der Waals surface area contributed by atoms with Gasteiger partial charge in [-0.3, -0.25) is 4.79 Å². The maximum Gasteiger partial charge on any atom is 0.248 e. The van der Waals surface area contributed by atoms with Gasteiger partial charge in [0.15, 0.2) is 0 Å². The van der Waals surface area contributed by atoms with E-state index in [-0.39, 0.29) is 5.91 Å². The summed E-state index contributed by atoms with van der Waals surface area (Å²) < 4.78 is 0. The predicted octanol–water partition coefficient (Wildman–Crippen LogP) is 1.35. The van der Waals surface area contributed by atoms with Gasteiger partial charge < -0.3 is 16.4 Å². The molecule has 19 heavy (non-hydrogen) atoms. The van der Waals surface area contributed by atoms with E-state index < -0.39 is 0 Å². The Labute approximate surface area is 113 Å². The lowest BCUT2D eigenvalue weighted by molar-refractivity contribution is 0.100. The monoisotopic (exact) mass is 259 g/mol. The highest BCUT2D eigenvalue weighted by molar-refractivity contribution is 5.93. The molecule has 4 nitrogen and oxygen atoms in total. The number of hydrogen-bond acceptors (Lipinski definition) is 3. The van der Waals surface area contributed by atoms with Gasteiger partial charge in [0, 0.05) is 30.4 Å². The molecule has 1 aromatic carbocycles. The first-order valence-electron chi connectivity index (χ1n) is 7.04. The van der Waals surface area contributed by atoms with Crippen LogP contribution in [0.15, 0.2) is 24.3 Å². The largest absolute Gasteiger partial charge is 0.371 e. The molecule has 4 N–H and O–H groups in total. The SMILES string of the molecule is NC(=O)c1ccc(N2C[C@H]3CCC(N)C[C@H]3C2)cc1. The van der Waals surface area contributed by atoms with E-state index in [0.29, 0.717) is 11.6 Å². The van der Waals surface area contributed by atoms with E-state index in [0.717, 1.165) is 37.8 Å². The summed E-state index contributed by atoms with van der Waals surface area (Å²) in [5.41, 5.74) is 13.1. The molecule has 2 aliphatic rings. The molecular formula is C15H21N3O. The molecule has 3 atom stereocenters. The summed E-state index contributed by atoms with van der Waals surface area (Å²) >= 11 is 0. The zero-order chi connectivity index (χ0) is 13.4. The molecule has 0 bridgehead atoms. The summed E-state index contributed by atoms with van der Waals surface area (Å²) in [6.45, 7) is 2.21. The lowest BCUT2D eigenvalue weighted by Crippen LogP contribution is -2.32. The third kappa shape index (κ3) is 2.45. The molecule has 1 unspecified atom stereocenters. The summed E-state index contributed by atoms with van der Waals surface area (Å²) in [6, 6.07) is 8.00. The van der Waals surface area contributed by atoms with Gasteiger partial charge in [-0.25, -0.2) is 0 Å². The quantitative estimate of drug-likeness (QED) is 0.842. The van der Waals surface area contributed by atoms with Crippen molar-refractivity contribution in [1.82, 2.24) is 0 Å². The van der Waals surface area contributed by atoms with Crippen molar-refractivity contribution in [2.45, 2.75) is 25.3 Å². The zero-order valence-corrected chi connectivity index (χ0v) is 11.1. The summed E-state index contributed by atoms with van der Waals surface area (Å²) in [5.74, 6) is 1.16. The van der Waals surface area contributed by atoms with Gasteiger partial charge in [0.2, 0.25) is 5.91 Å². The lowest BCUT2D eigenvalue weighted by Gasteiger charge is -2.27. The Balaban J connectivity index is 1.72. The van der Waals surface area contributed by atoms with Crippen molar-refractivity contribution in [3.63, 3.8) is 0 Å². The van der Waals surface area contributed by atoms with Gasteiger partial charge in [0.25, 0.3) is 0 Å². The van der Waals surface area contributed by atoms with E-state index in [9.17, 15) is 4.79 Å². The van der Waals surface area contributed by atoms with Crippen LogP contribution in [0.25, 0.3) is 0 Å². The number of fused-ring (bicyclic) bond motifs is 1. The van der Waals surface area contributed by atoms with Crippen molar-refractivity contribution in [2.75, 3.05) is 18.0 Å². The van der Waals surface area contributed by atoms with Crippen molar-refractivity contribution >= 4 is 11.6 Å². The molecule has 0 spiro atoms. The van der Waals surface area contributed by atoms with Gasteiger partial charge in [-0.05, 0) is 55.4 Å². The summed E-state index contributed by atoms with van der Waals surface area (Å²) in [6.07, 6.45) is 3.57. The van der Waals surface area contributed by atoms with Gasteiger partial charge in [0.1, 0.15) is 0 Å². The Morgan fingerprint density at radius 2 is 1.79 bits per heavy atom. The number of amides is 1. The van der Waals surface area contributed by atoms with E-state index in [4.69, 9.17) is 11.5 Å². The van der Waals surface area contributed by atoms with E-state index in [1.54, 1.807) is 0 Å². The third-order valence-corrected chi connectivity index (χ3v) is 4.61. The molecule has 2 fully saturated rings. The average molecular weight is 259 g/mol. The maximum absolute atomic E-state index is 11.1. The Hall–Kier alpha value is -1.55. The van der Waals surface area contributed by atoms with Crippen molar-refractivity contribution < 1.29 is 4.79 Å². The number of carbonyl (C=O) groups is 1. The first-order valence-corrected chi connectivity index (χ1v) is 7.04. The van der Waals surface area contributed by atoms with Gasteiger partial charge in [-0.2, -0.15) is 0 Å². The highest BCUT2D eigenvalue weighted by atomic mass is 16.1. The number of rotatable bonds is 2. The van der Waals surface area contributed by atoms with Crippen molar-refractivity contribution in [2.24, 2.45) is 23.3 Å². The maximum atomic E-state index is 11.1. The van der Waals surface area contributed by atoms with Crippen LogP contribution in [-0.2, 0) is 0 Å². The van der Waals surface area contributed by atoms with Gasteiger partial charge >= 0.3 is 0 Å². The number of benzene rings is 1. The molecule has 102 valence electrons. The van der Waals surface area contributed by atoms with Crippen LogP contribution in [0.4, 0.5) is 5.69 Å². The van der Waals surface area contributed by atoms with Crippen LogP contribution in [0.1, 0.15) is 29.6 Å². The van der Waals surface area contributed by atoms with Crippen LogP contribution in [0, 0.1) is 11.8 Å². The Kier molecular flexibility index (Phi) is 3.19. The molecule has 4 heteroatoms. The van der Waals surface area contributed by atoms with Gasteiger partial charge in [0.05, 0.1) is 0 Å². The molecule has 3 rings (SSSR count). The number of nitrogens with zero attached hydrogens (tertiary/aromatic N) is 1. The highest BCUT2D eigenvalue weighted by Crippen LogP contribution is 2.37. The standard InChI is InChI=1S/C15H21N3O/c16-13-4-1-11-8-18(9-12(11)7-13)14-5-2-10(3-6-14)15(17)19/h2-3,5-6,11-13H,1,4,7-9,16H2,(H2,17,19)/t11-,12+,13?/m1/s1. The van der Waals surface area contributed by atoms with Crippen LogP contribution in [0.2, 0.25) is 0 Å². The van der Waals surface area contributed by atoms with Crippen molar-refractivity contribution in [3.05, 3.63) is 29.8 Å². The summed E-state index contributed by atoms with van der Waals surface area (Å²) in [7, 11) is 0. The fraction of sp³-hybridized carbons (Fsp3) is 0.533. The fourth-order valence-corrected chi connectivity index (χ4v) is 3.52. The first kappa shape index (κ1) is 12.5. The molecule has 1 amide bonds. The van der Waals surface area contributed by atoms with E-state index in [2.05, 4.69) is 4.90 Å². The Morgan fingerprint density at radius 3 is 2.47 bits per heavy atom. The lowest BCUT2D eigenvalue weighted by atomic mass is 9.79.